The molecule has 24 valence electrons. The molecule has 0 aromatic rings. The molecule has 0 unspecified atom stereocenters. The Hall–Kier alpha value is -0.0431. The molecule has 0 heterocycles. The first-order valence-electron chi connectivity index (χ1n) is 1.52. The van der Waals surface area contributed by atoms with E-state index in [4.69, 9.17) is 0 Å². The van der Waals surface area contributed by atoms with Gasteiger partial charge in [0.05, 0.1) is 0 Å². The van der Waals surface area contributed by atoms with Crippen LogP contribution in [-0.4, -0.2) is 10.2 Å². The summed E-state index contributed by atoms with van der Waals surface area (Å²) >= 11 is 0. The van der Waals surface area contributed by atoms with Crippen LogP contribution in [0.25, 0.3) is 0 Å². The first-order chi connectivity index (χ1) is 1.91. The van der Waals surface area contributed by atoms with Crippen molar-refractivity contribution >= 4 is 10.2 Å². The molecule has 4 heavy (non-hydrogen) atoms. The Morgan fingerprint density at radius 1 is 2.00 bits per heavy atom. The third kappa shape index (κ3) is 1.96. The molecule has 0 bridgehead atoms. The number of hydrogen-bond donors (Lipinski definition) is 0. The van der Waals surface area contributed by atoms with Gasteiger partial charge >= 0.3 is 0 Å². The zero-order valence-electron chi connectivity index (χ0n) is 2.99. The first kappa shape index (κ1) is 3.96. The Balaban J connectivity index is 2.30. The van der Waals surface area contributed by atoms with Gasteiger partial charge in [-0.3, -0.25) is 0 Å². The quantitative estimate of drug-likeness (QED) is 0.286. The lowest BCUT2D eigenvalue weighted by molar-refractivity contribution is 1.76. The summed E-state index contributed by atoms with van der Waals surface area (Å²) in [6, 6.07) is 1.22. The van der Waals surface area contributed by atoms with Gasteiger partial charge in [-0.2, -0.15) is 0 Å². The smallest absolute Gasteiger partial charge is 0.00753 e. The van der Waals surface area contributed by atoms with Crippen LogP contribution in [0.4, 0.5) is 0 Å². The van der Waals surface area contributed by atoms with E-state index in [0.29, 0.717) is 0 Å². The van der Waals surface area contributed by atoms with E-state index < -0.39 is 0 Å². The molecule has 0 N–H and O–H groups in total. The minimum atomic E-state index is 1.22. The summed E-state index contributed by atoms with van der Waals surface area (Å²) in [6.45, 7) is 3.51. The summed E-state index contributed by atoms with van der Waals surface area (Å²) in [6.07, 6.45) is 1.94. The van der Waals surface area contributed by atoms with Gasteiger partial charge in [-0.25, -0.2) is 0 Å². The van der Waals surface area contributed by atoms with E-state index in [0.717, 1.165) is 0 Å². The van der Waals surface area contributed by atoms with Gasteiger partial charge < -0.3 is 0 Å². The van der Waals surface area contributed by atoms with Gasteiger partial charge in [0, 0.05) is 10.2 Å². The molecule has 0 radical (unpaired) electrons. The molecular weight excluding hydrogens is 37.0 g/mol. The minimum absolute atomic E-state index is 1.22. The van der Waals surface area contributed by atoms with Crippen LogP contribution in [0.5, 0.6) is 0 Å². The highest BCUT2D eigenvalue weighted by Gasteiger charge is 1.46. The molecule has 0 aromatic carbocycles. The maximum atomic E-state index is 3.51. The van der Waals surface area contributed by atoms with Crippen LogP contribution in [0, 0.1) is 0 Å². The van der Waals surface area contributed by atoms with E-state index in [1.807, 2.05) is 6.08 Å². The molecule has 0 saturated heterocycles. The third-order valence-electron chi connectivity index (χ3n) is 0.289. The molecule has 0 aliphatic heterocycles. The van der Waals surface area contributed by atoms with Crippen molar-refractivity contribution in [3.05, 3.63) is 12.7 Å². The van der Waals surface area contributed by atoms with E-state index in [9.17, 15) is 0 Å². The molecule has 0 rings (SSSR count). The maximum absolute atomic E-state index is 3.51. The van der Waals surface area contributed by atoms with Crippen molar-refractivity contribution < 1.29 is 0 Å². The molecule has 0 aromatic heterocycles. The number of hydrogen-bond acceptors (Lipinski definition) is 0. The van der Waals surface area contributed by atoms with E-state index in [1.165, 1.54) is 16.3 Å². The van der Waals surface area contributed by atoms with Gasteiger partial charge in [-0.1, -0.05) is 6.08 Å². The van der Waals surface area contributed by atoms with Crippen molar-refractivity contribution in [3.63, 3.8) is 0 Å². The predicted molar refractivity (Wildman–Crippen MR) is 24.9 cm³/mol. The molecular formula is C3H8Si. The second-order valence-corrected chi connectivity index (χ2v) is 1.51. The monoisotopic (exact) mass is 45.1 g/mol. The van der Waals surface area contributed by atoms with Crippen LogP contribution in [0.2, 0.25) is 6.04 Å². The standard InChI is InChI=1S/C3H8Si/c1-2-3-4/h2H,1,3H2,4H3/i4-27. The minimum Gasteiger partial charge on any atom is -0.103 e. The van der Waals surface area contributed by atoms with Crippen molar-refractivity contribution in [3.8, 4) is 0 Å². The molecule has 0 aliphatic rings. The zero-order valence-corrected chi connectivity index (χ0v) is 4.99. The Bertz CT molecular complexity index is 17.2. The summed E-state index contributed by atoms with van der Waals surface area (Å²) < 4.78 is 0. The molecule has 0 nitrogen and oxygen atoms in total. The van der Waals surface area contributed by atoms with E-state index >= 15 is 0 Å². The Morgan fingerprint density at radius 2 is 2.25 bits per heavy atom. The van der Waals surface area contributed by atoms with Crippen molar-refractivity contribution in [2.45, 2.75) is 6.04 Å². The van der Waals surface area contributed by atoms with Gasteiger partial charge in [-0.15, -0.1) is 6.58 Å². The molecule has 0 fully saturated rings. The highest BCUT2D eigenvalue weighted by Crippen LogP contribution is 1.61. The van der Waals surface area contributed by atoms with Gasteiger partial charge in [0.2, 0.25) is 0 Å². The van der Waals surface area contributed by atoms with E-state index in [-0.39, 0.29) is 0 Å². The first-order valence-corrected chi connectivity index (χ1v) is 2.94. The highest BCUT2D eigenvalue weighted by atomic mass is 13.3. The predicted octanol–water partition coefficient (Wildman–Crippen LogP) is -0.0439. The van der Waals surface area contributed by atoms with Crippen molar-refractivity contribution in [1.29, 1.82) is 0 Å². The molecule has 0 spiro atoms. The second-order valence-electron chi connectivity index (χ2n) is 0.697. The van der Waals surface area contributed by atoms with Gasteiger partial charge in [0.25, 0.3) is 0 Å². The van der Waals surface area contributed by atoms with Crippen LogP contribution in [0.3, 0.4) is 0 Å². The Morgan fingerprint density at radius 3 is 2.25 bits per heavy atom. The second kappa shape index (κ2) is 2.96. The van der Waals surface area contributed by atoms with E-state index in [2.05, 4.69) is 6.58 Å². The van der Waals surface area contributed by atoms with Crippen molar-refractivity contribution in [1.82, 2.24) is 0 Å². The van der Waals surface area contributed by atoms with Crippen LogP contribution in [-0.2, 0) is 0 Å². The largest absolute Gasteiger partial charge is 0.103 e. The number of allylic oxidation sites excluding steroid dienone is 1. The lowest BCUT2D eigenvalue weighted by Crippen LogP contribution is -1.47. The van der Waals surface area contributed by atoms with Crippen LogP contribution >= 0.6 is 0 Å². The molecule has 0 atom stereocenters. The normalized spacial score (nSPS) is 7.00. The fourth-order valence-electron chi connectivity index (χ4n) is 0. The molecule has 0 saturated carbocycles. The van der Waals surface area contributed by atoms with Crippen LogP contribution in [0.1, 0.15) is 0 Å². The highest BCUT2D eigenvalue weighted by molar-refractivity contribution is 6.09. The van der Waals surface area contributed by atoms with Crippen LogP contribution in [0.15, 0.2) is 12.7 Å². The number of rotatable bonds is 1. The summed E-state index contributed by atoms with van der Waals surface area (Å²) in [4.78, 5) is 0. The lowest BCUT2D eigenvalue weighted by atomic mass is 0.909. The van der Waals surface area contributed by atoms with Crippen molar-refractivity contribution in [2.24, 2.45) is 0 Å². The third-order valence-corrected chi connectivity index (χ3v) is 0.866. The van der Waals surface area contributed by atoms with Crippen molar-refractivity contribution in [2.75, 3.05) is 0 Å². The SMILES string of the molecule is C=CC[1SiH3]. The summed E-state index contributed by atoms with van der Waals surface area (Å²) in [5, 5.41) is 0. The summed E-state index contributed by atoms with van der Waals surface area (Å²) in [5.41, 5.74) is 0. The molecule has 1 heteroatoms. The lowest BCUT2D eigenvalue weighted by Gasteiger charge is -1.57. The van der Waals surface area contributed by atoms with Crippen LogP contribution < -0.4 is 0 Å². The summed E-state index contributed by atoms with van der Waals surface area (Å²) in [7, 11) is 1.27. The fraction of sp³-hybridized carbons (Fsp3) is 0.333. The topological polar surface area (TPSA) is 0 Å². The van der Waals surface area contributed by atoms with Gasteiger partial charge in [0.15, 0.2) is 0 Å². The fourth-order valence-corrected chi connectivity index (χ4v) is 0. The average molecular weight is 45.1 g/mol. The van der Waals surface area contributed by atoms with Gasteiger partial charge in [-0.05, 0) is 6.04 Å². The zero-order chi connectivity index (χ0) is 3.41. The Labute approximate surface area is 30.0 Å². The maximum Gasteiger partial charge on any atom is 0.00753 e. The van der Waals surface area contributed by atoms with Gasteiger partial charge in [0.1, 0.15) is 0 Å². The molecule has 0 aliphatic carbocycles. The van der Waals surface area contributed by atoms with E-state index in [1.54, 1.807) is 0 Å². The molecule has 0 amide bonds. The summed E-state index contributed by atoms with van der Waals surface area (Å²) in [5.74, 6) is 0. The Kier molecular flexibility index (Phi) is 2.93. The average Bonchev–Trinajstić information content (AvgIpc) is 1.37.